The number of halogens is 2. The summed E-state index contributed by atoms with van der Waals surface area (Å²) in [6.07, 6.45) is -0.500. The summed E-state index contributed by atoms with van der Waals surface area (Å²) < 4.78 is 5.96. The summed E-state index contributed by atoms with van der Waals surface area (Å²) in [7, 11) is 0. The Morgan fingerprint density at radius 3 is 2.53 bits per heavy atom. The highest BCUT2D eigenvalue weighted by Crippen LogP contribution is 2.30. The lowest BCUT2D eigenvalue weighted by Gasteiger charge is -2.20. The topological polar surface area (TPSA) is 38.3 Å². The van der Waals surface area contributed by atoms with Crippen LogP contribution in [0.2, 0.25) is 5.02 Å². The highest BCUT2D eigenvalue weighted by Gasteiger charge is 2.17. The van der Waals surface area contributed by atoms with Gasteiger partial charge in [-0.15, -0.1) is 0 Å². The molecule has 0 aliphatic heterocycles. The second-order valence-corrected chi connectivity index (χ2v) is 5.94. The van der Waals surface area contributed by atoms with Gasteiger partial charge in [-0.1, -0.05) is 11.6 Å². The molecule has 0 spiro atoms. The smallest absolute Gasteiger partial charge is 0.412 e. The average Bonchev–Trinajstić information content (AvgIpc) is 2.10. The standard InChI is InChI=1S/C12H15BrClNO2/c1-7-5-8(14)6-9(10(7)13)15-11(16)17-12(2,3)4/h5-6H,1-4H3,(H,15,16). The zero-order valence-corrected chi connectivity index (χ0v) is 12.6. The molecule has 1 aromatic rings. The maximum absolute atomic E-state index is 11.6. The molecule has 17 heavy (non-hydrogen) atoms. The normalized spacial score (nSPS) is 11.2. The van der Waals surface area contributed by atoms with Crippen molar-refractivity contribution >= 4 is 39.3 Å². The van der Waals surface area contributed by atoms with Crippen LogP contribution in [0, 0.1) is 6.92 Å². The molecular weight excluding hydrogens is 305 g/mol. The van der Waals surface area contributed by atoms with E-state index in [0.717, 1.165) is 10.0 Å². The lowest BCUT2D eigenvalue weighted by Crippen LogP contribution is -2.27. The minimum atomic E-state index is -0.524. The van der Waals surface area contributed by atoms with E-state index in [4.69, 9.17) is 16.3 Å². The molecule has 94 valence electrons. The Balaban J connectivity index is 2.85. The molecule has 0 radical (unpaired) electrons. The Labute approximate surface area is 115 Å². The lowest BCUT2D eigenvalue weighted by molar-refractivity contribution is 0.0636. The van der Waals surface area contributed by atoms with Crippen LogP contribution < -0.4 is 5.32 Å². The summed E-state index contributed by atoms with van der Waals surface area (Å²) >= 11 is 9.32. The van der Waals surface area contributed by atoms with E-state index in [1.807, 2.05) is 33.8 Å². The molecule has 5 heteroatoms. The van der Waals surface area contributed by atoms with Crippen LogP contribution in [-0.4, -0.2) is 11.7 Å². The van der Waals surface area contributed by atoms with Gasteiger partial charge in [0.25, 0.3) is 0 Å². The fourth-order valence-electron chi connectivity index (χ4n) is 1.23. The van der Waals surface area contributed by atoms with E-state index >= 15 is 0 Å². The Kier molecular flexibility index (Phi) is 4.44. The predicted octanol–water partition coefficient (Wildman–Crippen LogP) is 4.76. The number of ether oxygens (including phenoxy) is 1. The number of amides is 1. The first-order valence-electron chi connectivity index (χ1n) is 5.15. The molecule has 0 aliphatic carbocycles. The van der Waals surface area contributed by atoms with Crippen molar-refractivity contribution in [2.75, 3.05) is 5.32 Å². The summed E-state index contributed by atoms with van der Waals surface area (Å²) in [6, 6.07) is 3.48. The number of aryl methyl sites for hydroxylation is 1. The Hall–Kier alpha value is -0.740. The van der Waals surface area contributed by atoms with Gasteiger partial charge in [-0.3, -0.25) is 5.32 Å². The largest absolute Gasteiger partial charge is 0.444 e. The molecule has 3 nitrogen and oxygen atoms in total. The number of carbonyl (C=O) groups excluding carboxylic acids is 1. The van der Waals surface area contributed by atoms with Gasteiger partial charge in [0.05, 0.1) is 5.69 Å². The lowest BCUT2D eigenvalue weighted by atomic mass is 10.2. The molecule has 1 amide bonds. The molecule has 0 aromatic heterocycles. The van der Waals surface area contributed by atoms with Crippen LogP contribution in [0.3, 0.4) is 0 Å². The van der Waals surface area contributed by atoms with Crippen molar-refractivity contribution in [3.05, 3.63) is 27.2 Å². The van der Waals surface area contributed by atoms with Crippen molar-refractivity contribution in [1.29, 1.82) is 0 Å². The Morgan fingerprint density at radius 1 is 1.41 bits per heavy atom. The Bertz CT molecular complexity index is 441. The number of anilines is 1. The Morgan fingerprint density at radius 2 is 2.00 bits per heavy atom. The van der Waals surface area contributed by atoms with Gasteiger partial charge in [-0.25, -0.2) is 4.79 Å². The number of carbonyl (C=O) groups is 1. The van der Waals surface area contributed by atoms with Crippen LogP contribution >= 0.6 is 27.5 Å². The molecule has 0 fully saturated rings. The second kappa shape index (κ2) is 5.27. The van der Waals surface area contributed by atoms with Crippen molar-refractivity contribution in [2.45, 2.75) is 33.3 Å². The zero-order valence-electron chi connectivity index (χ0n) is 10.2. The van der Waals surface area contributed by atoms with Gasteiger partial charge in [0.1, 0.15) is 5.60 Å². The van der Waals surface area contributed by atoms with Crippen LogP contribution in [0.4, 0.5) is 10.5 Å². The van der Waals surface area contributed by atoms with Crippen LogP contribution in [-0.2, 0) is 4.74 Å². The van der Waals surface area contributed by atoms with Gasteiger partial charge in [-0.2, -0.15) is 0 Å². The number of benzene rings is 1. The molecule has 0 atom stereocenters. The first-order valence-corrected chi connectivity index (χ1v) is 6.32. The second-order valence-electron chi connectivity index (χ2n) is 4.71. The molecule has 1 N–H and O–H groups in total. The fourth-order valence-corrected chi connectivity index (χ4v) is 1.83. The number of nitrogens with one attached hydrogen (secondary N) is 1. The molecule has 1 rings (SSSR count). The van der Waals surface area contributed by atoms with Crippen molar-refractivity contribution in [3.63, 3.8) is 0 Å². The molecule has 0 saturated carbocycles. The highest BCUT2D eigenvalue weighted by molar-refractivity contribution is 9.10. The van der Waals surface area contributed by atoms with Gasteiger partial charge in [-0.05, 0) is 61.3 Å². The average molecular weight is 321 g/mol. The van der Waals surface area contributed by atoms with Crippen molar-refractivity contribution in [2.24, 2.45) is 0 Å². The number of rotatable bonds is 1. The summed E-state index contributed by atoms with van der Waals surface area (Å²) in [4.78, 5) is 11.6. The third kappa shape index (κ3) is 4.56. The third-order valence-corrected chi connectivity index (χ3v) is 3.13. The van der Waals surface area contributed by atoms with Crippen LogP contribution in [0.1, 0.15) is 26.3 Å². The van der Waals surface area contributed by atoms with E-state index in [1.54, 1.807) is 6.07 Å². The van der Waals surface area contributed by atoms with E-state index in [1.165, 1.54) is 0 Å². The van der Waals surface area contributed by atoms with Crippen LogP contribution in [0.25, 0.3) is 0 Å². The van der Waals surface area contributed by atoms with Crippen molar-refractivity contribution in [1.82, 2.24) is 0 Å². The van der Waals surface area contributed by atoms with Gasteiger partial charge in [0.2, 0.25) is 0 Å². The maximum atomic E-state index is 11.6. The molecule has 0 unspecified atom stereocenters. The maximum Gasteiger partial charge on any atom is 0.412 e. The van der Waals surface area contributed by atoms with Crippen molar-refractivity contribution in [3.8, 4) is 0 Å². The highest BCUT2D eigenvalue weighted by atomic mass is 79.9. The molecular formula is C12H15BrClNO2. The third-order valence-electron chi connectivity index (χ3n) is 1.85. The molecule has 0 bridgehead atoms. The number of hydrogen-bond donors (Lipinski definition) is 1. The van der Waals surface area contributed by atoms with E-state index in [0.29, 0.717) is 10.7 Å². The minimum Gasteiger partial charge on any atom is -0.444 e. The quantitative estimate of drug-likeness (QED) is 0.810. The molecule has 0 saturated heterocycles. The predicted molar refractivity (Wildman–Crippen MR) is 73.7 cm³/mol. The number of hydrogen-bond acceptors (Lipinski definition) is 2. The summed E-state index contributed by atoms with van der Waals surface area (Å²) in [5, 5.41) is 3.22. The van der Waals surface area contributed by atoms with Gasteiger partial charge in [0.15, 0.2) is 0 Å². The van der Waals surface area contributed by atoms with E-state index < -0.39 is 11.7 Å². The summed E-state index contributed by atoms with van der Waals surface area (Å²) in [5.74, 6) is 0. The summed E-state index contributed by atoms with van der Waals surface area (Å²) in [5.41, 5.74) is 1.03. The van der Waals surface area contributed by atoms with Gasteiger partial charge in [0, 0.05) is 9.50 Å². The van der Waals surface area contributed by atoms with Crippen LogP contribution in [0.5, 0.6) is 0 Å². The van der Waals surface area contributed by atoms with E-state index in [9.17, 15) is 4.79 Å². The molecule has 1 aromatic carbocycles. The van der Waals surface area contributed by atoms with E-state index in [-0.39, 0.29) is 0 Å². The molecule has 0 heterocycles. The van der Waals surface area contributed by atoms with Crippen molar-refractivity contribution < 1.29 is 9.53 Å². The monoisotopic (exact) mass is 319 g/mol. The first kappa shape index (κ1) is 14.3. The summed E-state index contributed by atoms with van der Waals surface area (Å²) in [6.45, 7) is 7.33. The van der Waals surface area contributed by atoms with Crippen LogP contribution in [0.15, 0.2) is 16.6 Å². The molecule has 0 aliphatic rings. The first-order chi connectivity index (χ1) is 7.69. The van der Waals surface area contributed by atoms with E-state index in [2.05, 4.69) is 21.2 Å². The zero-order chi connectivity index (χ0) is 13.2. The minimum absolute atomic E-state index is 0.500. The SMILES string of the molecule is Cc1cc(Cl)cc(NC(=O)OC(C)(C)C)c1Br. The van der Waals surface area contributed by atoms with Gasteiger partial charge < -0.3 is 4.74 Å². The fraction of sp³-hybridized carbons (Fsp3) is 0.417. The van der Waals surface area contributed by atoms with Gasteiger partial charge >= 0.3 is 6.09 Å².